The first-order valence-electron chi connectivity index (χ1n) is 10.2. The first-order chi connectivity index (χ1) is 15.9. The van der Waals surface area contributed by atoms with Gasteiger partial charge in [0.1, 0.15) is 11.5 Å². The Bertz CT molecular complexity index is 1320. The normalized spacial score (nSPS) is 11.2. The van der Waals surface area contributed by atoms with Gasteiger partial charge in [-0.3, -0.25) is 4.79 Å². The van der Waals surface area contributed by atoms with Crippen molar-refractivity contribution in [3.8, 4) is 11.5 Å². The predicted molar refractivity (Wildman–Crippen MR) is 125 cm³/mol. The fraction of sp³-hybridized carbons (Fsp3) is 0.0800. The number of amides is 1. The molecule has 0 aliphatic carbocycles. The number of nitrogens with zero attached hydrogens (tertiary/aromatic N) is 1. The zero-order chi connectivity index (χ0) is 23.3. The molecule has 0 saturated heterocycles. The molecule has 0 bridgehead atoms. The molecule has 168 valence electrons. The van der Waals surface area contributed by atoms with Gasteiger partial charge in [0.05, 0.1) is 23.4 Å². The second-order valence-electron chi connectivity index (χ2n) is 7.18. The smallest absolute Gasteiger partial charge is 0.258 e. The van der Waals surface area contributed by atoms with Crippen molar-refractivity contribution >= 4 is 21.6 Å². The summed E-state index contributed by atoms with van der Waals surface area (Å²) >= 11 is 0. The second-order valence-corrected chi connectivity index (χ2v) is 8.94. The van der Waals surface area contributed by atoms with Crippen molar-refractivity contribution in [2.24, 2.45) is 0 Å². The molecule has 1 aromatic heterocycles. The number of carbonyl (C=O) groups is 1. The lowest BCUT2D eigenvalue weighted by Gasteiger charge is -2.21. The van der Waals surface area contributed by atoms with Gasteiger partial charge in [0.25, 0.3) is 5.91 Å². The molecule has 8 heteroatoms. The monoisotopic (exact) mass is 462 g/mol. The number of hydrogen-bond donors (Lipinski definition) is 1. The van der Waals surface area contributed by atoms with Crippen LogP contribution in [0.5, 0.6) is 11.5 Å². The lowest BCUT2D eigenvalue weighted by Crippen LogP contribution is -2.27. The van der Waals surface area contributed by atoms with Crippen molar-refractivity contribution in [2.75, 3.05) is 11.9 Å². The molecule has 1 heterocycles. The van der Waals surface area contributed by atoms with Crippen LogP contribution < -0.4 is 14.4 Å². The number of carbonyl (C=O) groups excluding carboxylic acids is 1. The Morgan fingerprint density at radius 1 is 0.909 bits per heavy atom. The van der Waals surface area contributed by atoms with E-state index in [2.05, 4.69) is 4.72 Å². The lowest BCUT2D eigenvalue weighted by atomic mass is 10.2. The van der Waals surface area contributed by atoms with Crippen molar-refractivity contribution in [1.82, 2.24) is 4.72 Å². The maximum absolute atomic E-state index is 13.1. The topological polar surface area (TPSA) is 88.9 Å². The quantitative estimate of drug-likeness (QED) is 0.405. The van der Waals surface area contributed by atoms with Crippen LogP contribution in [-0.4, -0.2) is 21.4 Å². The first-order valence-corrected chi connectivity index (χ1v) is 11.6. The summed E-state index contributed by atoms with van der Waals surface area (Å²) in [5.74, 6) is 1.39. The maximum atomic E-state index is 13.1. The third-order valence-electron chi connectivity index (χ3n) is 4.93. The van der Waals surface area contributed by atoms with Gasteiger partial charge >= 0.3 is 0 Å². The number of sulfonamides is 1. The maximum Gasteiger partial charge on any atom is 0.258 e. The van der Waals surface area contributed by atoms with Crippen molar-refractivity contribution in [1.29, 1.82) is 0 Å². The van der Waals surface area contributed by atoms with Crippen LogP contribution in [0.2, 0.25) is 0 Å². The van der Waals surface area contributed by atoms with Crippen LogP contribution in [0.3, 0.4) is 0 Å². The van der Waals surface area contributed by atoms with Gasteiger partial charge in [0.2, 0.25) is 10.0 Å². The van der Waals surface area contributed by atoms with Crippen LogP contribution in [0.1, 0.15) is 16.1 Å². The van der Waals surface area contributed by atoms with Crippen LogP contribution in [0.25, 0.3) is 0 Å². The van der Waals surface area contributed by atoms with E-state index in [1.54, 1.807) is 31.3 Å². The Balaban J connectivity index is 1.49. The molecule has 0 aliphatic heterocycles. The van der Waals surface area contributed by atoms with Crippen LogP contribution in [0.4, 0.5) is 5.69 Å². The minimum atomic E-state index is -3.75. The largest absolute Gasteiger partial charge is 0.468 e. The Morgan fingerprint density at radius 2 is 1.61 bits per heavy atom. The highest BCUT2D eigenvalue weighted by molar-refractivity contribution is 7.89. The third-order valence-corrected chi connectivity index (χ3v) is 6.35. The molecule has 4 rings (SSSR count). The van der Waals surface area contributed by atoms with Crippen LogP contribution in [0.15, 0.2) is 107 Å². The van der Waals surface area contributed by atoms with E-state index in [0.29, 0.717) is 28.5 Å². The summed E-state index contributed by atoms with van der Waals surface area (Å²) in [6.45, 7) is 0.0386. The molecule has 7 nitrogen and oxygen atoms in total. The number of para-hydroxylation sites is 3. The molecule has 0 aliphatic rings. The molecule has 0 spiro atoms. The van der Waals surface area contributed by atoms with Gasteiger partial charge in [-0.1, -0.05) is 30.3 Å². The van der Waals surface area contributed by atoms with Gasteiger partial charge in [0.15, 0.2) is 5.75 Å². The summed E-state index contributed by atoms with van der Waals surface area (Å²) in [5.41, 5.74) is 0.931. The van der Waals surface area contributed by atoms with Crippen molar-refractivity contribution in [3.63, 3.8) is 0 Å². The van der Waals surface area contributed by atoms with Gasteiger partial charge in [-0.25, -0.2) is 13.1 Å². The number of nitrogens with one attached hydrogen (secondary N) is 1. The van der Waals surface area contributed by atoms with Crippen molar-refractivity contribution in [2.45, 2.75) is 11.4 Å². The molecule has 1 amide bonds. The van der Waals surface area contributed by atoms with E-state index < -0.39 is 10.0 Å². The number of furan rings is 1. The van der Waals surface area contributed by atoms with E-state index in [0.717, 1.165) is 0 Å². The molecule has 1 N–H and O–H groups in total. The van der Waals surface area contributed by atoms with Crippen LogP contribution >= 0.6 is 0 Å². The van der Waals surface area contributed by atoms with E-state index in [1.165, 1.54) is 35.4 Å². The van der Waals surface area contributed by atoms with Crippen LogP contribution in [0, 0.1) is 0 Å². The minimum Gasteiger partial charge on any atom is -0.468 e. The average Bonchev–Trinajstić information content (AvgIpc) is 3.37. The highest BCUT2D eigenvalue weighted by Crippen LogP contribution is 2.32. The number of benzene rings is 3. The standard InChI is InChI=1S/C25H22N2O5S/c1-27(23-11-5-6-12-24(23)32-20-8-3-2-4-9-20)25(28)19-13-15-22(16-14-19)33(29,30)26-18-21-10-7-17-31-21/h2-17,26H,18H2,1H3. The molecule has 4 aromatic rings. The molecule has 0 atom stereocenters. The molecule has 0 unspecified atom stereocenters. The molecule has 0 radical (unpaired) electrons. The molecule has 0 fully saturated rings. The Labute approximate surface area is 192 Å². The molecule has 0 saturated carbocycles. The summed E-state index contributed by atoms with van der Waals surface area (Å²) in [6, 6.07) is 25.6. The summed E-state index contributed by atoms with van der Waals surface area (Å²) in [4.78, 5) is 14.6. The van der Waals surface area contributed by atoms with E-state index >= 15 is 0 Å². The molecular formula is C25H22N2O5S. The third kappa shape index (κ3) is 5.31. The average molecular weight is 463 g/mol. The second kappa shape index (κ2) is 9.72. The van der Waals surface area contributed by atoms with Crippen LogP contribution in [-0.2, 0) is 16.6 Å². The van der Waals surface area contributed by atoms with E-state index in [-0.39, 0.29) is 17.3 Å². The highest BCUT2D eigenvalue weighted by Gasteiger charge is 2.19. The van der Waals surface area contributed by atoms with Crippen molar-refractivity contribution in [3.05, 3.63) is 109 Å². The SMILES string of the molecule is CN(C(=O)c1ccc(S(=O)(=O)NCc2ccco2)cc1)c1ccccc1Oc1ccccc1. The number of anilines is 1. The highest BCUT2D eigenvalue weighted by atomic mass is 32.2. The molecule has 3 aromatic carbocycles. The van der Waals surface area contributed by atoms with Gasteiger partial charge in [-0.15, -0.1) is 0 Å². The van der Waals surface area contributed by atoms with E-state index in [9.17, 15) is 13.2 Å². The number of hydrogen-bond acceptors (Lipinski definition) is 5. The molecular weight excluding hydrogens is 440 g/mol. The summed E-state index contributed by atoms with van der Waals surface area (Å²) in [5, 5.41) is 0. The van der Waals surface area contributed by atoms with Gasteiger partial charge < -0.3 is 14.1 Å². The first kappa shape index (κ1) is 22.3. The summed E-state index contributed by atoms with van der Waals surface area (Å²) in [7, 11) is -2.10. The number of rotatable bonds is 8. The number of ether oxygens (including phenoxy) is 1. The lowest BCUT2D eigenvalue weighted by molar-refractivity contribution is 0.0992. The van der Waals surface area contributed by atoms with E-state index in [1.807, 2.05) is 42.5 Å². The Kier molecular flexibility index (Phi) is 6.58. The fourth-order valence-electron chi connectivity index (χ4n) is 3.18. The fourth-order valence-corrected chi connectivity index (χ4v) is 4.17. The van der Waals surface area contributed by atoms with Gasteiger partial charge in [-0.2, -0.15) is 0 Å². The van der Waals surface area contributed by atoms with Gasteiger partial charge in [0, 0.05) is 12.6 Å². The Morgan fingerprint density at radius 3 is 2.30 bits per heavy atom. The van der Waals surface area contributed by atoms with E-state index in [4.69, 9.17) is 9.15 Å². The van der Waals surface area contributed by atoms with Crippen molar-refractivity contribution < 1.29 is 22.4 Å². The van der Waals surface area contributed by atoms with Gasteiger partial charge in [-0.05, 0) is 60.7 Å². The summed E-state index contributed by atoms with van der Waals surface area (Å²) < 4.78 is 38.6. The Hall–Kier alpha value is -3.88. The summed E-state index contributed by atoms with van der Waals surface area (Å²) in [6.07, 6.45) is 1.48. The zero-order valence-electron chi connectivity index (χ0n) is 17.8. The zero-order valence-corrected chi connectivity index (χ0v) is 18.7. The minimum absolute atomic E-state index is 0.0386. The predicted octanol–water partition coefficient (Wildman–Crippen LogP) is 4.83. The molecule has 33 heavy (non-hydrogen) atoms.